The molecule has 1 saturated carbocycles. The van der Waals surface area contributed by atoms with Gasteiger partial charge in [-0.3, -0.25) is 14.6 Å². The van der Waals surface area contributed by atoms with E-state index in [2.05, 4.69) is 4.98 Å². The number of anilines is 3. The highest BCUT2D eigenvalue weighted by Gasteiger charge is 2.43. The average Bonchev–Trinajstić information content (AvgIpc) is 3.62. The summed E-state index contributed by atoms with van der Waals surface area (Å²) in [5.74, 6) is 0.750. The minimum Gasteiger partial charge on any atom is -0.366 e. The standard InChI is InChI=1S/C23H26FN5O2/c1-16-22(30)28(15-17-8-9-17)21-20(7-4-10-25-21)29(16)23(31)27-13-11-26(12-14-27)19-6-3-2-5-18(19)24/h2-7,10,16-17H,8-9,11-15H2,1H3. The van der Waals surface area contributed by atoms with E-state index >= 15 is 0 Å². The number of carbonyl (C=O) groups excluding carboxylic acids is 2. The predicted molar refractivity (Wildman–Crippen MR) is 117 cm³/mol. The van der Waals surface area contributed by atoms with E-state index in [9.17, 15) is 14.0 Å². The number of hydrogen-bond acceptors (Lipinski definition) is 4. The van der Waals surface area contributed by atoms with Crippen LogP contribution in [0, 0.1) is 11.7 Å². The number of hydrogen-bond donors (Lipinski definition) is 0. The summed E-state index contributed by atoms with van der Waals surface area (Å²) < 4.78 is 14.1. The first-order chi connectivity index (χ1) is 15.0. The summed E-state index contributed by atoms with van der Waals surface area (Å²) in [6.45, 7) is 4.45. The van der Waals surface area contributed by atoms with Crippen LogP contribution >= 0.6 is 0 Å². The second-order valence-electron chi connectivity index (χ2n) is 8.49. The van der Waals surface area contributed by atoms with E-state index < -0.39 is 6.04 Å². The molecule has 0 spiro atoms. The molecule has 31 heavy (non-hydrogen) atoms. The van der Waals surface area contributed by atoms with Gasteiger partial charge in [0.05, 0.1) is 11.4 Å². The maximum absolute atomic E-state index is 14.1. The molecule has 3 amide bonds. The van der Waals surface area contributed by atoms with Crippen molar-refractivity contribution < 1.29 is 14.0 Å². The van der Waals surface area contributed by atoms with Gasteiger partial charge in [-0.2, -0.15) is 0 Å². The smallest absolute Gasteiger partial charge is 0.325 e. The van der Waals surface area contributed by atoms with Gasteiger partial charge in [-0.1, -0.05) is 12.1 Å². The molecule has 8 heteroatoms. The molecule has 1 aliphatic carbocycles. The predicted octanol–water partition coefficient (Wildman–Crippen LogP) is 3.11. The van der Waals surface area contributed by atoms with Crippen LogP contribution < -0.4 is 14.7 Å². The Kier molecular flexibility index (Phi) is 5.00. The molecule has 3 aliphatic rings. The lowest BCUT2D eigenvalue weighted by molar-refractivity contribution is -0.119. The van der Waals surface area contributed by atoms with Crippen molar-refractivity contribution in [2.24, 2.45) is 5.92 Å². The number of piperazine rings is 1. The second kappa shape index (κ2) is 7.83. The van der Waals surface area contributed by atoms with Crippen LogP contribution in [0.3, 0.4) is 0 Å². The zero-order chi connectivity index (χ0) is 21.5. The molecule has 0 bridgehead atoms. The number of halogens is 1. The van der Waals surface area contributed by atoms with E-state index in [0.29, 0.717) is 55.8 Å². The first kappa shape index (κ1) is 19.8. The lowest BCUT2D eigenvalue weighted by atomic mass is 10.1. The molecular weight excluding hydrogens is 397 g/mol. The Hall–Kier alpha value is -3.16. The Labute approximate surface area is 181 Å². The Morgan fingerprint density at radius 3 is 2.48 bits per heavy atom. The third-order valence-corrected chi connectivity index (χ3v) is 6.38. The quantitative estimate of drug-likeness (QED) is 0.761. The third-order valence-electron chi connectivity index (χ3n) is 6.38. The normalized spacial score (nSPS) is 21.4. The average molecular weight is 423 g/mol. The van der Waals surface area contributed by atoms with Gasteiger partial charge < -0.3 is 9.80 Å². The lowest BCUT2D eigenvalue weighted by Crippen LogP contribution is -2.60. The van der Waals surface area contributed by atoms with Crippen molar-refractivity contribution in [2.75, 3.05) is 47.4 Å². The zero-order valence-electron chi connectivity index (χ0n) is 17.6. The molecule has 3 heterocycles. The molecule has 5 rings (SSSR count). The summed E-state index contributed by atoms with van der Waals surface area (Å²) in [4.78, 5) is 38.1. The summed E-state index contributed by atoms with van der Waals surface area (Å²) >= 11 is 0. The van der Waals surface area contributed by atoms with Gasteiger partial charge in [-0.25, -0.2) is 14.2 Å². The number of para-hydroxylation sites is 1. The molecule has 2 aromatic rings. The first-order valence-electron chi connectivity index (χ1n) is 10.9. The van der Waals surface area contributed by atoms with E-state index in [4.69, 9.17) is 0 Å². The number of urea groups is 1. The fourth-order valence-electron chi connectivity index (χ4n) is 4.44. The molecule has 0 N–H and O–H groups in total. The summed E-state index contributed by atoms with van der Waals surface area (Å²) in [6.07, 6.45) is 3.93. The van der Waals surface area contributed by atoms with Crippen LogP contribution in [0.5, 0.6) is 0 Å². The Balaban J connectivity index is 1.35. The molecule has 1 saturated heterocycles. The summed E-state index contributed by atoms with van der Waals surface area (Å²) in [5, 5.41) is 0. The molecule has 0 radical (unpaired) electrons. The topological polar surface area (TPSA) is 60.0 Å². The maximum Gasteiger partial charge on any atom is 0.325 e. The number of nitrogens with zero attached hydrogens (tertiary/aromatic N) is 5. The number of aromatic nitrogens is 1. The molecule has 2 aliphatic heterocycles. The van der Waals surface area contributed by atoms with Crippen molar-refractivity contribution in [3.63, 3.8) is 0 Å². The fourth-order valence-corrected chi connectivity index (χ4v) is 4.44. The second-order valence-corrected chi connectivity index (χ2v) is 8.49. The monoisotopic (exact) mass is 423 g/mol. The van der Waals surface area contributed by atoms with Gasteiger partial charge in [0, 0.05) is 38.9 Å². The minimum absolute atomic E-state index is 0.0866. The van der Waals surface area contributed by atoms with E-state index in [1.54, 1.807) is 46.0 Å². The number of benzene rings is 1. The van der Waals surface area contributed by atoms with E-state index in [0.717, 1.165) is 12.8 Å². The van der Waals surface area contributed by atoms with Crippen molar-refractivity contribution >= 4 is 29.1 Å². The molecule has 1 unspecified atom stereocenters. The van der Waals surface area contributed by atoms with Gasteiger partial charge in [0.25, 0.3) is 5.91 Å². The van der Waals surface area contributed by atoms with Gasteiger partial charge in [0.1, 0.15) is 11.9 Å². The van der Waals surface area contributed by atoms with Crippen molar-refractivity contribution in [1.82, 2.24) is 9.88 Å². The molecule has 162 valence electrons. The van der Waals surface area contributed by atoms with E-state index in [1.165, 1.54) is 6.07 Å². The van der Waals surface area contributed by atoms with Gasteiger partial charge in [0.15, 0.2) is 5.82 Å². The first-order valence-corrected chi connectivity index (χ1v) is 10.9. The van der Waals surface area contributed by atoms with Crippen LogP contribution in [0.1, 0.15) is 19.8 Å². The molecular formula is C23H26FN5O2. The minimum atomic E-state index is -0.590. The van der Waals surface area contributed by atoms with Crippen molar-refractivity contribution in [3.05, 3.63) is 48.4 Å². The van der Waals surface area contributed by atoms with Crippen LogP contribution in [-0.2, 0) is 4.79 Å². The van der Waals surface area contributed by atoms with Crippen molar-refractivity contribution in [1.29, 1.82) is 0 Å². The Morgan fingerprint density at radius 1 is 1.06 bits per heavy atom. The van der Waals surface area contributed by atoms with E-state index in [1.807, 2.05) is 17.0 Å². The summed E-state index contributed by atoms with van der Waals surface area (Å²) in [7, 11) is 0. The van der Waals surface area contributed by atoms with E-state index in [-0.39, 0.29) is 17.8 Å². The number of amides is 3. The van der Waals surface area contributed by atoms with Crippen molar-refractivity contribution in [3.8, 4) is 0 Å². The van der Waals surface area contributed by atoms with Gasteiger partial charge in [-0.05, 0) is 49.9 Å². The lowest BCUT2D eigenvalue weighted by Gasteiger charge is -2.43. The van der Waals surface area contributed by atoms with Crippen LogP contribution in [0.25, 0.3) is 0 Å². The number of pyridine rings is 1. The molecule has 1 atom stereocenters. The number of rotatable bonds is 3. The Morgan fingerprint density at radius 2 is 1.77 bits per heavy atom. The summed E-state index contributed by atoms with van der Waals surface area (Å²) in [5.41, 5.74) is 1.23. The van der Waals surface area contributed by atoms with Crippen LogP contribution in [0.4, 0.5) is 26.4 Å². The maximum atomic E-state index is 14.1. The Bertz CT molecular complexity index is 1000. The SMILES string of the molecule is CC1C(=O)N(CC2CC2)c2ncccc2N1C(=O)N1CCN(c2ccccc2F)CC1. The van der Waals surface area contributed by atoms with Crippen LogP contribution in [0.2, 0.25) is 0 Å². The molecule has 1 aromatic heterocycles. The van der Waals surface area contributed by atoms with Crippen molar-refractivity contribution in [2.45, 2.75) is 25.8 Å². The fraction of sp³-hybridized carbons (Fsp3) is 0.435. The third kappa shape index (κ3) is 3.60. The zero-order valence-corrected chi connectivity index (χ0v) is 17.6. The number of carbonyl (C=O) groups is 2. The summed E-state index contributed by atoms with van der Waals surface area (Å²) in [6, 6.07) is 9.56. The van der Waals surface area contributed by atoms with Crippen LogP contribution in [0.15, 0.2) is 42.6 Å². The highest BCUT2D eigenvalue weighted by atomic mass is 19.1. The van der Waals surface area contributed by atoms with Crippen LogP contribution in [-0.4, -0.2) is 60.6 Å². The van der Waals surface area contributed by atoms with Gasteiger partial charge in [0.2, 0.25) is 0 Å². The molecule has 2 fully saturated rings. The highest BCUT2D eigenvalue weighted by molar-refractivity contribution is 6.11. The molecule has 7 nitrogen and oxygen atoms in total. The number of fused-ring (bicyclic) bond motifs is 1. The largest absolute Gasteiger partial charge is 0.366 e. The molecule has 1 aromatic carbocycles. The highest BCUT2D eigenvalue weighted by Crippen LogP contribution is 2.38. The van der Waals surface area contributed by atoms with Gasteiger partial charge in [-0.15, -0.1) is 0 Å². The van der Waals surface area contributed by atoms with Gasteiger partial charge >= 0.3 is 6.03 Å².